The van der Waals surface area contributed by atoms with E-state index in [1.54, 1.807) is 0 Å². The van der Waals surface area contributed by atoms with Crippen LogP contribution in [0.2, 0.25) is 0 Å². The molecule has 0 aromatic heterocycles. The van der Waals surface area contributed by atoms with Crippen molar-refractivity contribution in [2.45, 2.75) is 179 Å². The number of allylic oxidation sites excluding steroid dienone is 12. The summed E-state index contributed by atoms with van der Waals surface area (Å²) in [4.78, 5) is 25.2. The second-order valence-corrected chi connectivity index (χ2v) is 14.1. The van der Waals surface area contributed by atoms with Gasteiger partial charge in [-0.1, -0.05) is 119 Å². The van der Waals surface area contributed by atoms with Gasteiger partial charge < -0.3 is 39.4 Å². The average molecular weight is 775 g/mol. The first-order valence-corrected chi connectivity index (χ1v) is 21.0. The first kappa shape index (κ1) is 50.2. The van der Waals surface area contributed by atoms with E-state index in [0.29, 0.717) is 12.8 Å². The zero-order valence-corrected chi connectivity index (χ0v) is 33.9. The summed E-state index contributed by atoms with van der Waals surface area (Å²) in [6.07, 6.45) is 36.2. The number of hydrogen-bond donors (Lipinski definition) is 4. The first-order valence-electron chi connectivity index (χ1n) is 21.0. The molecule has 0 spiro atoms. The highest BCUT2D eigenvalue weighted by Crippen LogP contribution is 2.22. The molecule has 6 atom stereocenters. The minimum Gasteiger partial charge on any atom is -0.462 e. The van der Waals surface area contributed by atoms with Crippen molar-refractivity contribution in [3.63, 3.8) is 0 Å². The summed E-state index contributed by atoms with van der Waals surface area (Å²) in [6.45, 7) is 3.20. The van der Waals surface area contributed by atoms with Gasteiger partial charge in [0.05, 0.1) is 13.2 Å². The maximum atomic E-state index is 12.7. The van der Waals surface area contributed by atoms with Crippen molar-refractivity contribution in [1.29, 1.82) is 0 Å². The lowest BCUT2D eigenvalue weighted by molar-refractivity contribution is -0.305. The lowest BCUT2D eigenvalue weighted by Gasteiger charge is -2.39. The predicted molar refractivity (Wildman–Crippen MR) is 219 cm³/mol. The maximum Gasteiger partial charge on any atom is 0.306 e. The topological polar surface area (TPSA) is 152 Å². The molecule has 1 fully saturated rings. The van der Waals surface area contributed by atoms with Crippen LogP contribution < -0.4 is 0 Å². The van der Waals surface area contributed by atoms with Gasteiger partial charge in [-0.15, -0.1) is 0 Å². The minimum absolute atomic E-state index is 0.171. The fourth-order valence-electron chi connectivity index (χ4n) is 5.74. The van der Waals surface area contributed by atoms with Gasteiger partial charge in [-0.2, -0.15) is 0 Å². The summed E-state index contributed by atoms with van der Waals surface area (Å²) in [5.41, 5.74) is 0. The van der Waals surface area contributed by atoms with E-state index in [0.717, 1.165) is 83.5 Å². The van der Waals surface area contributed by atoms with E-state index >= 15 is 0 Å². The second-order valence-electron chi connectivity index (χ2n) is 14.1. The number of aliphatic hydroxyl groups excluding tert-OH is 4. The molecule has 0 saturated carbocycles. The van der Waals surface area contributed by atoms with E-state index in [4.69, 9.17) is 18.9 Å². The fraction of sp³-hybridized carbons (Fsp3) is 0.689. The fourth-order valence-corrected chi connectivity index (χ4v) is 5.74. The molecule has 0 aliphatic carbocycles. The highest BCUT2D eigenvalue weighted by atomic mass is 16.7. The Morgan fingerprint density at radius 3 is 1.65 bits per heavy atom. The maximum absolute atomic E-state index is 12.7. The quantitative estimate of drug-likeness (QED) is 0.0291. The van der Waals surface area contributed by atoms with Crippen LogP contribution in [0.25, 0.3) is 0 Å². The van der Waals surface area contributed by atoms with E-state index in [-0.39, 0.29) is 26.1 Å². The zero-order chi connectivity index (χ0) is 40.2. The largest absolute Gasteiger partial charge is 0.462 e. The standard InChI is InChI=1S/C45H74O10/c1-3-5-7-9-11-13-15-17-19-21-23-25-27-29-31-33-40(47)52-36-38(37-53-45-44(51)43(50)42(49)39(35-46)55-45)54-41(48)34-32-30-28-26-24-22-20-18-16-14-12-10-8-6-4-2/h6,8,11-14,17-20,24,26,38-39,42-46,49-51H,3-5,7,9-10,15-16,21-23,25,27-37H2,1-2H3/b8-6+,13-11+,14-12+,19-17+,20-18+,26-24+/t38-,39-,42+,43?,44?,45-/m0/s1. The van der Waals surface area contributed by atoms with Crippen LogP contribution in [0.15, 0.2) is 72.9 Å². The molecule has 2 unspecified atom stereocenters. The molecule has 0 aromatic rings. The summed E-state index contributed by atoms with van der Waals surface area (Å²) in [6, 6.07) is 0. The molecule has 10 heteroatoms. The predicted octanol–water partition coefficient (Wildman–Crippen LogP) is 8.44. The lowest BCUT2D eigenvalue weighted by Crippen LogP contribution is -2.59. The second kappa shape index (κ2) is 35.5. The van der Waals surface area contributed by atoms with Gasteiger partial charge in [0.15, 0.2) is 12.4 Å². The number of rotatable bonds is 33. The van der Waals surface area contributed by atoms with Crippen LogP contribution in [-0.4, -0.2) is 89.0 Å². The molecule has 10 nitrogen and oxygen atoms in total. The molecule has 314 valence electrons. The Kier molecular flexibility index (Phi) is 32.4. The molecule has 0 radical (unpaired) electrons. The Labute approximate surface area is 332 Å². The number of aliphatic hydroxyl groups is 4. The summed E-state index contributed by atoms with van der Waals surface area (Å²) in [5.74, 6) is -0.880. The van der Waals surface area contributed by atoms with Crippen molar-refractivity contribution in [1.82, 2.24) is 0 Å². The number of hydrogen-bond acceptors (Lipinski definition) is 10. The van der Waals surface area contributed by atoms with Gasteiger partial charge in [0, 0.05) is 12.8 Å². The number of carbonyl (C=O) groups excluding carboxylic acids is 2. The normalized spacial score (nSPS) is 21.3. The highest BCUT2D eigenvalue weighted by Gasteiger charge is 2.44. The van der Waals surface area contributed by atoms with Gasteiger partial charge >= 0.3 is 11.9 Å². The Balaban J connectivity index is 2.41. The molecule has 1 rings (SSSR count). The van der Waals surface area contributed by atoms with Crippen molar-refractivity contribution < 1.29 is 49.0 Å². The van der Waals surface area contributed by atoms with Crippen molar-refractivity contribution >= 4 is 11.9 Å². The monoisotopic (exact) mass is 775 g/mol. The van der Waals surface area contributed by atoms with Crippen LogP contribution in [0, 0.1) is 0 Å². The van der Waals surface area contributed by atoms with Crippen LogP contribution in [-0.2, 0) is 28.5 Å². The molecule has 0 amide bonds. The molecule has 0 bridgehead atoms. The zero-order valence-electron chi connectivity index (χ0n) is 33.9. The molecule has 1 aliphatic rings. The van der Waals surface area contributed by atoms with Gasteiger partial charge in [0.25, 0.3) is 0 Å². The van der Waals surface area contributed by atoms with Crippen LogP contribution in [0.4, 0.5) is 0 Å². The summed E-state index contributed by atoms with van der Waals surface area (Å²) in [5, 5.41) is 40.0. The first-order chi connectivity index (χ1) is 26.8. The van der Waals surface area contributed by atoms with Crippen molar-refractivity contribution in [2.24, 2.45) is 0 Å². The Morgan fingerprint density at radius 1 is 0.582 bits per heavy atom. The number of unbranched alkanes of at least 4 members (excludes halogenated alkanes) is 10. The van der Waals surface area contributed by atoms with Crippen molar-refractivity contribution in [3.05, 3.63) is 72.9 Å². The van der Waals surface area contributed by atoms with Crippen LogP contribution >= 0.6 is 0 Å². The summed E-state index contributed by atoms with van der Waals surface area (Å²) in [7, 11) is 0. The van der Waals surface area contributed by atoms with E-state index in [9.17, 15) is 30.0 Å². The van der Waals surface area contributed by atoms with Crippen molar-refractivity contribution in [2.75, 3.05) is 19.8 Å². The molecule has 55 heavy (non-hydrogen) atoms. The highest BCUT2D eigenvalue weighted by molar-refractivity contribution is 5.70. The van der Waals surface area contributed by atoms with E-state index < -0.39 is 55.4 Å². The average Bonchev–Trinajstić information content (AvgIpc) is 3.18. The Morgan fingerprint density at radius 2 is 1.07 bits per heavy atom. The lowest BCUT2D eigenvalue weighted by atomic mass is 9.99. The summed E-state index contributed by atoms with van der Waals surface area (Å²) >= 11 is 0. The molecule has 1 saturated heterocycles. The Bertz CT molecular complexity index is 1120. The number of ether oxygens (including phenoxy) is 4. The SMILES string of the molecule is CC/C=C/C/C=C/C/C=C/C/C=C/CCCCC(=O)O[C@@H](COC(=O)CCCCCCC/C=C/C/C=C/CCCCC)CO[C@H]1O[C@@H](CO)[C@@H](O)C(O)C1O. The van der Waals surface area contributed by atoms with E-state index in [1.165, 1.54) is 19.3 Å². The Hall–Kier alpha value is -2.86. The number of esters is 2. The van der Waals surface area contributed by atoms with Gasteiger partial charge in [-0.05, 0) is 83.5 Å². The molecular weight excluding hydrogens is 700 g/mol. The number of carbonyl (C=O) groups is 2. The minimum atomic E-state index is -1.61. The van der Waals surface area contributed by atoms with Crippen LogP contribution in [0.5, 0.6) is 0 Å². The van der Waals surface area contributed by atoms with Gasteiger partial charge in [0.1, 0.15) is 31.0 Å². The third-order valence-corrected chi connectivity index (χ3v) is 9.08. The van der Waals surface area contributed by atoms with Crippen LogP contribution in [0.1, 0.15) is 142 Å². The van der Waals surface area contributed by atoms with Gasteiger partial charge in [0.2, 0.25) is 0 Å². The van der Waals surface area contributed by atoms with Crippen molar-refractivity contribution in [3.8, 4) is 0 Å². The van der Waals surface area contributed by atoms with Crippen LogP contribution in [0.3, 0.4) is 0 Å². The summed E-state index contributed by atoms with van der Waals surface area (Å²) < 4.78 is 22.0. The molecule has 4 N–H and O–H groups in total. The van der Waals surface area contributed by atoms with Gasteiger partial charge in [-0.25, -0.2) is 0 Å². The molecular formula is C45H74O10. The molecule has 1 aliphatic heterocycles. The molecule has 0 aromatic carbocycles. The van der Waals surface area contributed by atoms with E-state index in [2.05, 4.69) is 86.8 Å². The third kappa shape index (κ3) is 27.4. The molecule has 1 heterocycles. The van der Waals surface area contributed by atoms with E-state index in [1.807, 2.05) is 0 Å². The third-order valence-electron chi connectivity index (χ3n) is 9.08. The van der Waals surface area contributed by atoms with Gasteiger partial charge in [-0.3, -0.25) is 9.59 Å². The smallest absolute Gasteiger partial charge is 0.306 e.